The van der Waals surface area contributed by atoms with Crippen LogP contribution in [0.25, 0.3) is 10.8 Å². The first-order chi connectivity index (χ1) is 7.20. The minimum absolute atomic E-state index is 0.286. The van der Waals surface area contributed by atoms with E-state index in [1.807, 2.05) is 0 Å². The van der Waals surface area contributed by atoms with E-state index in [-0.39, 0.29) is 11.6 Å². The second kappa shape index (κ2) is 3.62. The number of carbonyl (C=O) groups excluding carboxylic acids is 1. The van der Waals surface area contributed by atoms with E-state index in [0.29, 0.717) is 17.1 Å². The van der Waals surface area contributed by atoms with Gasteiger partial charge in [-0.1, -0.05) is 0 Å². The molecule has 0 aliphatic carbocycles. The van der Waals surface area contributed by atoms with Crippen molar-refractivity contribution in [1.29, 1.82) is 0 Å². The molecule has 0 N–H and O–H groups in total. The van der Waals surface area contributed by atoms with E-state index in [4.69, 9.17) is 4.42 Å². The summed E-state index contributed by atoms with van der Waals surface area (Å²) in [4.78, 5) is 24.0. The molecule has 2 aromatic heterocycles. The van der Waals surface area contributed by atoms with E-state index in [1.165, 1.54) is 23.5 Å². The van der Waals surface area contributed by atoms with Crippen molar-refractivity contribution in [2.24, 2.45) is 0 Å². The van der Waals surface area contributed by atoms with Gasteiger partial charge in [0, 0.05) is 5.38 Å². The van der Waals surface area contributed by atoms with Crippen molar-refractivity contribution in [3.63, 3.8) is 0 Å². The van der Waals surface area contributed by atoms with Gasteiger partial charge >= 0.3 is 5.88 Å². The Labute approximate surface area is 87.3 Å². The van der Waals surface area contributed by atoms with Gasteiger partial charge < -0.3 is 4.42 Å². The van der Waals surface area contributed by atoms with Gasteiger partial charge in [0.15, 0.2) is 17.1 Å². The molecule has 0 saturated carbocycles. The number of nitrogens with zero attached hydrogens (tertiary/aromatic N) is 2. The van der Waals surface area contributed by atoms with Gasteiger partial charge in [-0.05, 0) is 6.07 Å². The van der Waals surface area contributed by atoms with Crippen molar-refractivity contribution in [1.82, 2.24) is 4.98 Å². The van der Waals surface area contributed by atoms with Crippen LogP contribution in [0.4, 0.5) is 5.88 Å². The monoisotopic (exact) mass is 224 g/mol. The number of rotatable bonds is 3. The molecular weight excluding hydrogens is 220 g/mol. The molecule has 0 spiro atoms. The van der Waals surface area contributed by atoms with Crippen molar-refractivity contribution < 1.29 is 14.1 Å². The van der Waals surface area contributed by atoms with Crippen LogP contribution in [-0.4, -0.2) is 16.2 Å². The summed E-state index contributed by atoms with van der Waals surface area (Å²) in [6, 6.07) is 2.70. The summed E-state index contributed by atoms with van der Waals surface area (Å²) in [7, 11) is 0. The molecule has 0 fully saturated rings. The summed E-state index contributed by atoms with van der Waals surface area (Å²) in [6.45, 7) is 0. The molecule has 15 heavy (non-hydrogen) atoms. The molecule has 0 amide bonds. The Bertz CT molecular complexity index is 516. The maximum absolute atomic E-state index is 10.4. The van der Waals surface area contributed by atoms with Crippen LogP contribution in [0.15, 0.2) is 21.9 Å². The van der Waals surface area contributed by atoms with E-state index < -0.39 is 4.92 Å². The lowest BCUT2D eigenvalue weighted by molar-refractivity contribution is -0.401. The number of aldehydes is 1. The van der Waals surface area contributed by atoms with Crippen molar-refractivity contribution in [3.8, 4) is 10.8 Å². The molecule has 0 bridgehead atoms. The first-order valence-electron chi connectivity index (χ1n) is 3.86. The lowest BCUT2D eigenvalue weighted by Gasteiger charge is -1.85. The number of carbonyl (C=O) groups is 1. The molecule has 2 heterocycles. The molecule has 0 saturated heterocycles. The molecule has 2 aromatic rings. The lowest BCUT2D eigenvalue weighted by atomic mass is 10.4. The number of furan rings is 1. The summed E-state index contributed by atoms with van der Waals surface area (Å²) in [5.41, 5.74) is 0.286. The number of nitro groups is 1. The number of aromatic nitrogens is 1. The molecule has 0 atom stereocenters. The van der Waals surface area contributed by atoms with Crippen LogP contribution in [0.1, 0.15) is 10.5 Å². The standard InChI is InChI=1S/C8H4N2O4S/c11-3-5-4-15-8(9-5)6-1-2-7(14-6)10(12)13/h1-4H. The summed E-state index contributed by atoms with van der Waals surface area (Å²) in [5.74, 6) is -0.0485. The summed E-state index contributed by atoms with van der Waals surface area (Å²) in [5, 5.41) is 12.3. The maximum atomic E-state index is 10.4. The molecule has 0 aliphatic rings. The first-order valence-corrected chi connectivity index (χ1v) is 4.74. The fourth-order valence-electron chi connectivity index (χ4n) is 0.994. The summed E-state index contributed by atoms with van der Waals surface area (Å²) in [6.07, 6.45) is 0.608. The third-order valence-corrected chi connectivity index (χ3v) is 2.50. The Hall–Kier alpha value is -2.02. The molecule has 7 heteroatoms. The van der Waals surface area contributed by atoms with Crippen LogP contribution >= 0.6 is 11.3 Å². The fraction of sp³-hybridized carbons (Fsp3) is 0. The average molecular weight is 224 g/mol. The topological polar surface area (TPSA) is 86.2 Å². The van der Waals surface area contributed by atoms with Crippen LogP contribution in [-0.2, 0) is 0 Å². The van der Waals surface area contributed by atoms with E-state index >= 15 is 0 Å². The highest BCUT2D eigenvalue weighted by molar-refractivity contribution is 7.13. The zero-order valence-corrected chi connectivity index (χ0v) is 8.06. The highest BCUT2D eigenvalue weighted by atomic mass is 32.1. The molecule has 0 aliphatic heterocycles. The smallest absolute Gasteiger partial charge is 0.398 e. The SMILES string of the molecule is O=Cc1csc(-c2ccc([N+](=O)[O-])o2)n1. The lowest BCUT2D eigenvalue weighted by Crippen LogP contribution is -1.82. The predicted octanol–water partition coefficient (Wildman–Crippen LogP) is 2.12. The Balaban J connectivity index is 2.36. The van der Waals surface area contributed by atoms with Crippen LogP contribution < -0.4 is 0 Å². The van der Waals surface area contributed by atoms with E-state index in [9.17, 15) is 14.9 Å². The van der Waals surface area contributed by atoms with Gasteiger partial charge in [-0.25, -0.2) is 4.98 Å². The van der Waals surface area contributed by atoms with Crippen molar-refractivity contribution >= 4 is 23.5 Å². The van der Waals surface area contributed by atoms with E-state index in [1.54, 1.807) is 5.38 Å². The molecule has 0 unspecified atom stereocenters. The predicted molar refractivity (Wildman–Crippen MR) is 51.9 cm³/mol. The zero-order valence-electron chi connectivity index (χ0n) is 7.25. The van der Waals surface area contributed by atoms with Gasteiger partial charge in [-0.3, -0.25) is 14.9 Å². The van der Waals surface area contributed by atoms with Crippen molar-refractivity contribution in [3.05, 3.63) is 33.3 Å². The highest BCUT2D eigenvalue weighted by Gasteiger charge is 2.15. The third-order valence-electron chi connectivity index (χ3n) is 1.63. The Morgan fingerprint density at radius 2 is 2.33 bits per heavy atom. The molecule has 76 valence electrons. The van der Waals surface area contributed by atoms with Crippen LogP contribution in [0.3, 0.4) is 0 Å². The van der Waals surface area contributed by atoms with Gasteiger partial charge in [0.05, 0.1) is 6.07 Å². The highest BCUT2D eigenvalue weighted by Crippen LogP contribution is 2.28. The zero-order chi connectivity index (χ0) is 10.8. The molecule has 0 radical (unpaired) electrons. The number of hydrogen-bond donors (Lipinski definition) is 0. The van der Waals surface area contributed by atoms with Crippen LogP contribution in [0.5, 0.6) is 0 Å². The van der Waals surface area contributed by atoms with Crippen LogP contribution in [0.2, 0.25) is 0 Å². The Kier molecular flexibility index (Phi) is 2.30. The molecular formula is C8H4N2O4S. The minimum atomic E-state index is -0.627. The quantitative estimate of drug-likeness (QED) is 0.452. The van der Waals surface area contributed by atoms with Gasteiger partial charge in [-0.15, -0.1) is 11.3 Å². The maximum Gasteiger partial charge on any atom is 0.433 e. The minimum Gasteiger partial charge on any atom is -0.398 e. The van der Waals surface area contributed by atoms with E-state index in [2.05, 4.69) is 4.98 Å². The van der Waals surface area contributed by atoms with Crippen molar-refractivity contribution in [2.45, 2.75) is 0 Å². The second-order valence-corrected chi connectivity index (χ2v) is 3.45. The summed E-state index contributed by atoms with van der Waals surface area (Å²) >= 11 is 1.19. The van der Waals surface area contributed by atoms with Gasteiger partial charge in [0.1, 0.15) is 10.6 Å². The average Bonchev–Trinajstić information content (AvgIpc) is 2.86. The normalized spacial score (nSPS) is 10.1. The Morgan fingerprint density at radius 1 is 1.53 bits per heavy atom. The molecule has 6 nitrogen and oxygen atoms in total. The van der Waals surface area contributed by atoms with Gasteiger partial charge in [-0.2, -0.15) is 0 Å². The third kappa shape index (κ3) is 1.77. The van der Waals surface area contributed by atoms with Crippen molar-refractivity contribution in [2.75, 3.05) is 0 Å². The fourth-order valence-corrected chi connectivity index (χ4v) is 1.72. The van der Waals surface area contributed by atoms with Gasteiger partial charge in [0.2, 0.25) is 0 Å². The Morgan fingerprint density at radius 3 is 2.87 bits per heavy atom. The van der Waals surface area contributed by atoms with Gasteiger partial charge in [0.25, 0.3) is 0 Å². The van der Waals surface area contributed by atoms with E-state index in [0.717, 1.165) is 0 Å². The largest absolute Gasteiger partial charge is 0.433 e. The second-order valence-electron chi connectivity index (χ2n) is 2.59. The molecule has 0 aromatic carbocycles. The molecule has 2 rings (SSSR count). The summed E-state index contributed by atoms with van der Waals surface area (Å²) < 4.78 is 4.92. The van der Waals surface area contributed by atoms with Crippen LogP contribution in [0, 0.1) is 10.1 Å². The number of thiazole rings is 1. The first kappa shape index (κ1) is 9.53. The number of hydrogen-bond acceptors (Lipinski definition) is 6.